The van der Waals surface area contributed by atoms with Crippen molar-refractivity contribution in [2.24, 2.45) is 0 Å². The lowest BCUT2D eigenvalue weighted by Crippen LogP contribution is -2.43. The summed E-state index contributed by atoms with van der Waals surface area (Å²) in [5.74, 6) is -2.01. The predicted molar refractivity (Wildman–Crippen MR) is 83.9 cm³/mol. The van der Waals surface area contributed by atoms with E-state index in [1.807, 2.05) is 6.07 Å². The van der Waals surface area contributed by atoms with Gasteiger partial charge in [-0.15, -0.1) is 0 Å². The maximum Gasteiger partial charge on any atom is 0.412 e. The molecule has 0 bridgehead atoms. The molecule has 1 aliphatic rings. The number of rotatable bonds is 6. The third-order valence-electron chi connectivity index (χ3n) is 3.66. The van der Waals surface area contributed by atoms with E-state index in [4.69, 9.17) is 14.2 Å². The molecule has 1 amide bonds. The molecule has 0 spiro atoms. The van der Waals surface area contributed by atoms with Crippen molar-refractivity contribution in [3.05, 3.63) is 35.9 Å². The third-order valence-corrected chi connectivity index (χ3v) is 3.66. The molecule has 1 aromatic rings. The van der Waals surface area contributed by atoms with Crippen LogP contribution in [-0.4, -0.2) is 47.7 Å². The van der Waals surface area contributed by atoms with Crippen LogP contribution < -0.4 is 0 Å². The zero-order valence-corrected chi connectivity index (χ0v) is 13.9. The lowest BCUT2D eigenvalue weighted by atomic mass is 10.1. The maximum atomic E-state index is 12.3. The smallest absolute Gasteiger partial charge is 0.412 e. The van der Waals surface area contributed by atoms with Crippen molar-refractivity contribution < 1.29 is 28.6 Å². The van der Waals surface area contributed by atoms with Crippen molar-refractivity contribution in [3.8, 4) is 6.07 Å². The monoisotopic (exact) mass is 346 g/mol. The SMILES string of the molecule is CCOC(=O)C1(C(=O)OCC)C(C#N)N1C(=O)OCc1ccccc1. The van der Waals surface area contributed by atoms with Crippen LogP contribution in [0.5, 0.6) is 0 Å². The lowest BCUT2D eigenvalue weighted by Gasteiger charge is -2.14. The molecule has 1 unspecified atom stereocenters. The fourth-order valence-electron chi connectivity index (χ4n) is 2.47. The molecular formula is C17H18N2O6. The molecule has 8 nitrogen and oxygen atoms in total. The molecule has 0 aliphatic carbocycles. The molecule has 0 aromatic heterocycles. The van der Waals surface area contributed by atoms with Gasteiger partial charge in [0.05, 0.1) is 19.3 Å². The highest BCUT2D eigenvalue weighted by Gasteiger charge is 2.79. The normalized spacial score (nSPS) is 17.2. The van der Waals surface area contributed by atoms with Gasteiger partial charge in [0, 0.05) is 0 Å². The molecule has 1 saturated heterocycles. The Kier molecular flexibility index (Phi) is 5.60. The Bertz CT molecular complexity index is 679. The summed E-state index contributed by atoms with van der Waals surface area (Å²) in [6, 6.07) is 9.31. The van der Waals surface area contributed by atoms with Crippen LogP contribution in [0.3, 0.4) is 0 Å². The van der Waals surface area contributed by atoms with E-state index >= 15 is 0 Å². The summed E-state index contributed by atoms with van der Waals surface area (Å²) in [6.07, 6.45) is -0.962. The first-order chi connectivity index (χ1) is 12.0. The molecule has 0 radical (unpaired) electrons. The fraction of sp³-hybridized carbons (Fsp3) is 0.412. The number of benzene rings is 1. The van der Waals surface area contributed by atoms with Gasteiger partial charge in [-0.1, -0.05) is 30.3 Å². The van der Waals surface area contributed by atoms with Gasteiger partial charge in [-0.25, -0.2) is 14.4 Å². The van der Waals surface area contributed by atoms with E-state index in [9.17, 15) is 19.6 Å². The molecule has 1 aliphatic heterocycles. The number of nitriles is 1. The lowest BCUT2D eigenvalue weighted by molar-refractivity contribution is -0.160. The Morgan fingerprint density at radius 3 is 2.12 bits per heavy atom. The van der Waals surface area contributed by atoms with Crippen LogP contribution in [0.2, 0.25) is 0 Å². The highest BCUT2D eigenvalue weighted by atomic mass is 16.6. The summed E-state index contributed by atoms with van der Waals surface area (Å²) in [6.45, 7) is 3.03. The van der Waals surface area contributed by atoms with Gasteiger partial charge < -0.3 is 14.2 Å². The minimum absolute atomic E-state index is 0.00889. The summed E-state index contributed by atoms with van der Waals surface area (Å²) in [5.41, 5.74) is -1.38. The first-order valence-electron chi connectivity index (χ1n) is 7.78. The second-order valence-electron chi connectivity index (χ2n) is 5.15. The highest BCUT2D eigenvalue weighted by Crippen LogP contribution is 2.44. The molecule has 1 atom stereocenters. The van der Waals surface area contributed by atoms with Crippen molar-refractivity contribution in [2.45, 2.75) is 32.0 Å². The number of hydrogen-bond donors (Lipinski definition) is 0. The Morgan fingerprint density at radius 2 is 1.64 bits per heavy atom. The van der Waals surface area contributed by atoms with Crippen molar-refractivity contribution >= 4 is 18.0 Å². The van der Waals surface area contributed by atoms with Gasteiger partial charge in [0.1, 0.15) is 6.61 Å². The van der Waals surface area contributed by atoms with E-state index in [0.717, 1.165) is 10.5 Å². The van der Waals surface area contributed by atoms with E-state index in [0.29, 0.717) is 0 Å². The van der Waals surface area contributed by atoms with Crippen LogP contribution in [0.4, 0.5) is 4.79 Å². The number of esters is 2. The molecule has 132 valence electrons. The minimum atomic E-state index is -2.10. The second-order valence-corrected chi connectivity index (χ2v) is 5.15. The van der Waals surface area contributed by atoms with Gasteiger partial charge in [-0.3, -0.25) is 4.90 Å². The van der Waals surface area contributed by atoms with Gasteiger partial charge in [0.15, 0.2) is 6.04 Å². The number of carbonyl (C=O) groups is 3. The van der Waals surface area contributed by atoms with Gasteiger partial charge in [-0.05, 0) is 19.4 Å². The molecular weight excluding hydrogens is 328 g/mol. The highest BCUT2D eigenvalue weighted by molar-refractivity contribution is 6.14. The van der Waals surface area contributed by atoms with E-state index in [1.165, 1.54) is 0 Å². The zero-order valence-electron chi connectivity index (χ0n) is 13.9. The van der Waals surface area contributed by atoms with Gasteiger partial charge in [0.2, 0.25) is 0 Å². The van der Waals surface area contributed by atoms with Crippen LogP contribution in [0.25, 0.3) is 0 Å². The Hall–Kier alpha value is -3.08. The van der Waals surface area contributed by atoms with Crippen LogP contribution in [0.15, 0.2) is 30.3 Å². The van der Waals surface area contributed by atoms with Crippen LogP contribution in [-0.2, 0) is 30.4 Å². The molecule has 2 rings (SSSR count). The molecule has 1 fully saturated rings. The average molecular weight is 346 g/mol. The summed E-state index contributed by atoms with van der Waals surface area (Å²) in [7, 11) is 0. The Balaban J connectivity index is 2.19. The van der Waals surface area contributed by atoms with E-state index in [-0.39, 0.29) is 19.8 Å². The molecule has 1 heterocycles. The van der Waals surface area contributed by atoms with E-state index in [1.54, 1.807) is 44.2 Å². The Morgan fingerprint density at radius 1 is 1.08 bits per heavy atom. The molecule has 0 saturated carbocycles. The minimum Gasteiger partial charge on any atom is -0.464 e. The summed E-state index contributed by atoms with van der Waals surface area (Å²) in [5, 5.41) is 9.27. The van der Waals surface area contributed by atoms with Crippen molar-refractivity contribution in [1.82, 2.24) is 4.90 Å². The molecule has 1 aromatic carbocycles. The van der Waals surface area contributed by atoms with Gasteiger partial charge >= 0.3 is 18.0 Å². The number of amides is 1. The Labute approximate surface area is 144 Å². The number of carbonyl (C=O) groups excluding carboxylic acids is 3. The number of ether oxygens (including phenoxy) is 3. The average Bonchev–Trinajstić information content (AvgIpc) is 3.31. The largest absolute Gasteiger partial charge is 0.464 e. The van der Waals surface area contributed by atoms with E-state index < -0.39 is 29.6 Å². The van der Waals surface area contributed by atoms with Gasteiger partial charge in [-0.2, -0.15) is 5.26 Å². The first-order valence-corrected chi connectivity index (χ1v) is 7.78. The zero-order chi connectivity index (χ0) is 18.4. The molecule has 0 N–H and O–H groups in total. The van der Waals surface area contributed by atoms with Gasteiger partial charge in [0.25, 0.3) is 5.54 Å². The van der Waals surface area contributed by atoms with Crippen molar-refractivity contribution in [3.63, 3.8) is 0 Å². The first kappa shape index (κ1) is 18.3. The fourth-order valence-corrected chi connectivity index (χ4v) is 2.47. The topological polar surface area (TPSA) is 106 Å². The van der Waals surface area contributed by atoms with E-state index in [2.05, 4.69) is 0 Å². The molecule has 8 heteroatoms. The van der Waals surface area contributed by atoms with Crippen LogP contribution in [0, 0.1) is 11.3 Å². The maximum absolute atomic E-state index is 12.3. The quantitative estimate of drug-likeness (QED) is 0.332. The summed E-state index contributed by atoms with van der Waals surface area (Å²) in [4.78, 5) is 37.6. The van der Waals surface area contributed by atoms with Crippen LogP contribution in [0.1, 0.15) is 19.4 Å². The summed E-state index contributed by atoms with van der Waals surface area (Å²) < 4.78 is 14.9. The van der Waals surface area contributed by atoms with Crippen LogP contribution >= 0.6 is 0 Å². The predicted octanol–water partition coefficient (Wildman–Crippen LogP) is 1.40. The standard InChI is InChI=1S/C17H18N2O6/c1-3-23-14(20)17(15(21)24-4-2)13(10-18)19(17)16(22)25-11-12-8-6-5-7-9-12/h5-9,13H,3-4,11H2,1-2H3. The van der Waals surface area contributed by atoms with Crippen molar-refractivity contribution in [2.75, 3.05) is 13.2 Å². The number of nitrogens with zero attached hydrogens (tertiary/aromatic N) is 2. The summed E-state index contributed by atoms with van der Waals surface area (Å²) >= 11 is 0. The van der Waals surface area contributed by atoms with Crippen molar-refractivity contribution in [1.29, 1.82) is 5.26 Å². The third kappa shape index (κ3) is 3.26. The number of hydrogen-bond acceptors (Lipinski definition) is 7. The molecule has 25 heavy (non-hydrogen) atoms. The second kappa shape index (κ2) is 7.66.